The second kappa shape index (κ2) is 4.81. The molecule has 2 saturated heterocycles. The van der Waals surface area contributed by atoms with Crippen molar-refractivity contribution in [1.29, 1.82) is 0 Å². The Kier molecular flexibility index (Phi) is 3.65. The van der Waals surface area contributed by atoms with Gasteiger partial charge in [-0.1, -0.05) is 6.92 Å². The molecular formula is C12H25N3. The van der Waals surface area contributed by atoms with Gasteiger partial charge in [0.1, 0.15) is 0 Å². The van der Waals surface area contributed by atoms with Crippen LogP contribution in [0.3, 0.4) is 0 Å². The standard InChI is InChI=1S/C12H25N3/c1-12(4-7-15(2)8-5-12)10-14-11-3-6-13-9-11/h11,13-14H,3-10H2,1-2H3. The molecule has 0 aliphatic carbocycles. The lowest BCUT2D eigenvalue weighted by Crippen LogP contribution is -2.45. The van der Waals surface area contributed by atoms with E-state index < -0.39 is 0 Å². The predicted molar refractivity (Wildman–Crippen MR) is 64.1 cm³/mol. The molecule has 1 unspecified atom stereocenters. The number of hydrogen-bond acceptors (Lipinski definition) is 3. The highest BCUT2D eigenvalue weighted by Gasteiger charge is 2.29. The largest absolute Gasteiger partial charge is 0.315 e. The molecule has 2 aliphatic rings. The second-order valence-electron chi connectivity index (χ2n) is 5.68. The Morgan fingerprint density at radius 3 is 2.73 bits per heavy atom. The zero-order chi connectivity index (χ0) is 10.7. The quantitative estimate of drug-likeness (QED) is 0.718. The molecule has 2 aliphatic heterocycles. The summed E-state index contributed by atoms with van der Waals surface area (Å²) >= 11 is 0. The lowest BCUT2D eigenvalue weighted by atomic mass is 9.80. The zero-order valence-corrected chi connectivity index (χ0v) is 10.2. The van der Waals surface area contributed by atoms with Gasteiger partial charge in [-0.15, -0.1) is 0 Å². The van der Waals surface area contributed by atoms with E-state index in [1.807, 2.05) is 0 Å². The molecule has 1 atom stereocenters. The molecule has 2 N–H and O–H groups in total. The molecule has 2 heterocycles. The molecule has 0 aromatic carbocycles. The zero-order valence-electron chi connectivity index (χ0n) is 10.2. The normalized spacial score (nSPS) is 32.0. The summed E-state index contributed by atoms with van der Waals surface area (Å²) in [5.41, 5.74) is 0.537. The van der Waals surface area contributed by atoms with E-state index in [1.165, 1.54) is 45.4 Å². The minimum atomic E-state index is 0.537. The van der Waals surface area contributed by atoms with Crippen molar-refractivity contribution in [2.45, 2.75) is 32.2 Å². The van der Waals surface area contributed by atoms with Crippen molar-refractivity contribution in [3.8, 4) is 0 Å². The Morgan fingerprint density at radius 2 is 2.13 bits per heavy atom. The van der Waals surface area contributed by atoms with Crippen LogP contribution in [0.2, 0.25) is 0 Å². The van der Waals surface area contributed by atoms with Crippen molar-refractivity contribution >= 4 is 0 Å². The van der Waals surface area contributed by atoms with E-state index in [0.29, 0.717) is 5.41 Å². The fraction of sp³-hybridized carbons (Fsp3) is 1.00. The number of rotatable bonds is 3. The molecule has 3 heteroatoms. The van der Waals surface area contributed by atoms with Crippen LogP contribution in [0.15, 0.2) is 0 Å². The van der Waals surface area contributed by atoms with Gasteiger partial charge >= 0.3 is 0 Å². The average molecular weight is 211 g/mol. The van der Waals surface area contributed by atoms with Crippen molar-refractivity contribution in [3.63, 3.8) is 0 Å². The van der Waals surface area contributed by atoms with E-state index in [-0.39, 0.29) is 0 Å². The fourth-order valence-electron chi connectivity index (χ4n) is 2.55. The number of likely N-dealkylation sites (tertiary alicyclic amines) is 1. The summed E-state index contributed by atoms with van der Waals surface area (Å²) in [5.74, 6) is 0. The van der Waals surface area contributed by atoms with Crippen molar-refractivity contribution in [2.24, 2.45) is 5.41 Å². The van der Waals surface area contributed by atoms with Gasteiger partial charge in [-0.05, 0) is 51.4 Å². The summed E-state index contributed by atoms with van der Waals surface area (Å²) in [6.07, 6.45) is 3.99. The van der Waals surface area contributed by atoms with Crippen LogP contribution in [-0.2, 0) is 0 Å². The highest BCUT2D eigenvalue weighted by molar-refractivity contribution is 4.86. The summed E-state index contributed by atoms with van der Waals surface area (Å²) in [5, 5.41) is 7.13. The van der Waals surface area contributed by atoms with Crippen LogP contribution in [0.1, 0.15) is 26.2 Å². The highest BCUT2D eigenvalue weighted by Crippen LogP contribution is 2.29. The number of piperidine rings is 1. The van der Waals surface area contributed by atoms with E-state index in [9.17, 15) is 0 Å². The van der Waals surface area contributed by atoms with Gasteiger partial charge in [-0.3, -0.25) is 0 Å². The third kappa shape index (κ3) is 3.16. The van der Waals surface area contributed by atoms with Crippen LogP contribution in [-0.4, -0.2) is 50.7 Å². The molecule has 3 nitrogen and oxygen atoms in total. The van der Waals surface area contributed by atoms with Gasteiger partial charge in [0.25, 0.3) is 0 Å². The molecule has 15 heavy (non-hydrogen) atoms. The van der Waals surface area contributed by atoms with Gasteiger partial charge in [0.05, 0.1) is 0 Å². The van der Waals surface area contributed by atoms with Crippen molar-refractivity contribution in [2.75, 3.05) is 39.8 Å². The van der Waals surface area contributed by atoms with Crippen LogP contribution < -0.4 is 10.6 Å². The molecule has 0 radical (unpaired) electrons. The molecule has 2 fully saturated rings. The van der Waals surface area contributed by atoms with E-state index in [4.69, 9.17) is 0 Å². The Balaban J connectivity index is 1.72. The van der Waals surface area contributed by atoms with Crippen LogP contribution in [0.25, 0.3) is 0 Å². The third-order valence-electron chi connectivity index (χ3n) is 4.07. The van der Waals surface area contributed by atoms with Crippen molar-refractivity contribution < 1.29 is 0 Å². The van der Waals surface area contributed by atoms with Crippen LogP contribution in [0.4, 0.5) is 0 Å². The predicted octanol–water partition coefficient (Wildman–Crippen LogP) is 0.670. The van der Waals surface area contributed by atoms with Crippen molar-refractivity contribution in [3.05, 3.63) is 0 Å². The van der Waals surface area contributed by atoms with E-state index in [2.05, 4.69) is 29.5 Å². The number of nitrogens with zero attached hydrogens (tertiary/aromatic N) is 1. The summed E-state index contributed by atoms with van der Waals surface area (Å²) in [6.45, 7) is 8.53. The van der Waals surface area contributed by atoms with Gasteiger partial charge in [-0.25, -0.2) is 0 Å². The first-order valence-corrected chi connectivity index (χ1v) is 6.31. The van der Waals surface area contributed by atoms with E-state index >= 15 is 0 Å². The number of hydrogen-bond donors (Lipinski definition) is 2. The summed E-state index contributed by atoms with van der Waals surface area (Å²) < 4.78 is 0. The van der Waals surface area contributed by atoms with Gasteiger partial charge in [0.2, 0.25) is 0 Å². The van der Waals surface area contributed by atoms with Crippen LogP contribution in [0, 0.1) is 5.41 Å². The Morgan fingerprint density at radius 1 is 1.40 bits per heavy atom. The third-order valence-corrected chi connectivity index (χ3v) is 4.07. The van der Waals surface area contributed by atoms with Gasteiger partial charge in [0.15, 0.2) is 0 Å². The molecule has 88 valence electrons. The molecule has 2 rings (SSSR count). The highest BCUT2D eigenvalue weighted by atomic mass is 15.1. The lowest BCUT2D eigenvalue weighted by Gasteiger charge is -2.38. The van der Waals surface area contributed by atoms with E-state index in [1.54, 1.807) is 0 Å². The van der Waals surface area contributed by atoms with Crippen LogP contribution >= 0.6 is 0 Å². The van der Waals surface area contributed by atoms with Gasteiger partial charge in [0, 0.05) is 19.1 Å². The molecule has 0 bridgehead atoms. The average Bonchev–Trinajstić information content (AvgIpc) is 2.73. The first kappa shape index (κ1) is 11.4. The maximum atomic E-state index is 3.73. The van der Waals surface area contributed by atoms with Crippen molar-refractivity contribution in [1.82, 2.24) is 15.5 Å². The first-order valence-electron chi connectivity index (χ1n) is 6.31. The summed E-state index contributed by atoms with van der Waals surface area (Å²) in [7, 11) is 2.23. The summed E-state index contributed by atoms with van der Waals surface area (Å²) in [4.78, 5) is 2.44. The molecule has 0 aromatic heterocycles. The number of nitrogens with one attached hydrogen (secondary N) is 2. The van der Waals surface area contributed by atoms with Gasteiger partial charge < -0.3 is 15.5 Å². The molecule has 0 saturated carbocycles. The monoisotopic (exact) mass is 211 g/mol. The smallest absolute Gasteiger partial charge is 0.0204 e. The Hall–Kier alpha value is -0.120. The Bertz CT molecular complexity index is 191. The van der Waals surface area contributed by atoms with Crippen LogP contribution in [0.5, 0.6) is 0 Å². The molecule has 0 spiro atoms. The minimum absolute atomic E-state index is 0.537. The van der Waals surface area contributed by atoms with Gasteiger partial charge in [-0.2, -0.15) is 0 Å². The maximum absolute atomic E-state index is 3.73. The van der Waals surface area contributed by atoms with E-state index in [0.717, 1.165) is 12.6 Å². The second-order valence-corrected chi connectivity index (χ2v) is 5.68. The minimum Gasteiger partial charge on any atom is -0.315 e. The molecular weight excluding hydrogens is 186 g/mol. The molecule has 0 aromatic rings. The Labute approximate surface area is 93.6 Å². The SMILES string of the molecule is CN1CCC(C)(CNC2CCNC2)CC1. The maximum Gasteiger partial charge on any atom is 0.0204 e. The first-order chi connectivity index (χ1) is 7.18. The summed E-state index contributed by atoms with van der Waals surface area (Å²) in [6, 6.07) is 0.724. The lowest BCUT2D eigenvalue weighted by molar-refractivity contribution is 0.134. The molecule has 0 amide bonds. The topological polar surface area (TPSA) is 27.3 Å². The fourth-order valence-corrected chi connectivity index (χ4v) is 2.55.